The Labute approximate surface area is 100 Å². The highest BCUT2D eigenvalue weighted by atomic mass is 35.5. The molecule has 0 fully saturated rings. The van der Waals surface area contributed by atoms with E-state index in [-0.39, 0.29) is 0 Å². The van der Waals surface area contributed by atoms with Crippen molar-refractivity contribution < 1.29 is 14.3 Å². The number of halogens is 1. The lowest BCUT2D eigenvalue weighted by Gasteiger charge is -2.04. The molecule has 4 heteroatoms. The van der Waals surface area contributed by atoms with Gasteiger partial charge in [-0.15, -0.1) is 0 Å². The molecule has 0 atom stereocenters. The summed E-state index contributed by atoms with van der Waals surface area (Å²) in [4.78, 5) is 10.2. The van der Waals surface area contributed by atoms with E-state index in [9.17, 15) is 4.79 Å². The molecule has 0 saturated carbocycles. The number of benzene rings is 1. The van der Waals surface area contributed by atoms with Crippen LogP contribution in [0.4, 0.5) is 4.79 Å². The SMILES string of the molecule is O=C(Cl)OCCCCOCc1ccccc1. The van der Waals surface area contributed by atoms with Crippen molar-refractivity contribution in [3.8, 4) is 0 Å². The molecule has 0 N–H and O–H groups in total. The van der Waals surface area contributed by atoms with Crippen LogP contribution in [0.2, 0.25) is 0 Å². The minimum Gasteiger partial charge on any atom is -0.454 e. The maximum absolute atomic E-state index is 10.2. The van der Waals surface area contributed by atoms with Gasteiger partial charge in [-0.2, -0.15) is 0 Å². The third-order valence-electron chi connectivity index (χ3n) is 2.01. The van der Waals surface area contributed by atoms with Crippen LogP contribution >= 0.6 is 11.6 Å². The highest BCUT2D eigenvalue weighted by molar-refractivity contribution is 6.61. The Morgan fingerprint density at radius 3 is 2.50 bits per heavy atom. The first-order valence-electron chi connectivity index (χ1n) is 5.23. The molecule has 1 aromatic carbocycles. The standard InChI is InChI=1S/C12H15ClO3/c13-12(14)16-9-5-4-8-15-10-11-6-2-1-3-7-11/h1-3,6-7H,4-5,8-10H2. The Morgan fingerprint density at radius 2 is 1.81 bits per heavy atom. The molecule has 0 heterocycles. The molecule has 1 aromatic rings. The summed E-state index contributed by atoms with van der Waals surface area (Å²) in [6, 6.07) is 9.99. The summed E-state index contributed by atoms with van der Waals surface area (Å²) < 4.78 is 10.0. The number of ether oxygens (including phenoxy) is 2. The number of unbranched alkanes of at least 4 members (excludes halogenated alkanes) is 1. The van der Waals surface area contributed by atoms with Crippen LogP contribution < -0.4 is 0 Å². The number of hydrogen-bond acceptors (Lipinski definition) is 3. The lowest BCUT2D eigenvalue weighted by atomic mass is 10.2. The zero-order valence-electron chi connectivity index (χ0n) is 9.02. The van der Waals surface area contributed by atoms with Crippen LogP contribution in [0.5, 0.6) is 0 Å². The second kappa shape index (κ2) is 8.13. The number of carbonyl (C=O) groups excluding carboxylic acids is 1. The first kappa shape index (κ1) is 13.0. The Hall–Kier alpha value is -1.06. The van der Waals surface area contributed by atoms with Gasteiger partial charge in [0.2, 0.25) is 0 Å². The van der Waals surface area contributed by atoms with Gasteiger partial charge in [0.05, 0.1) is 13.2 Å². The Kier molecular flexibility index (Phi) is 6.61. The summed E-state index contributed by atoms with van der Waals surface area (Å²) in [7, 11) is 0. The van der Waals surface area contributed by atoms with Gasteiger partial charge in [-0.3, -0.25) is 0 Å². The summed E-state index contributed by atoms with van der Waals surface area (Å²) in [5, 5.41) is 0. The average Bonchev–Trinajstić information content (AvgIpc) is 2.29. The molecule has 0 spiro atoms. The van der Waals surface area contributed by atoms with E-state index in [2.05, 4.69) is 4.74 Å². The third kappa shape index (κ3) is 6.43. The molecule has 0 radical (unpaired) electrons. The van der Waals surface area contributed by atoms with Crippen LogP contribution in [0.1, 0.15) is 18.4 Å². The molecule has 0 saturated heterocycles. The van der Waals surface area contributed by atoms with E-state index < -0.39 is 5.43 Å². The van der Waals surface area contributed by atoms with Gasteiger partial charge in [-0.05, 0) is 18.4 Å². The van der Waals surface area contributed by atoms with Gasteiger partial charge in [0.15, 0.2) is 0 Å². The van der Waals surface area contributed by atoms with Crippen LogP contribution in [0.15, 0.2) is 30.3 Å². The summed E-state index contributed by atoms with van der Waals surface area (Å²) in [5.41, 5.74) is 0.417. The van der Waals surface area contributed by atoms with Gasteiger partial charge in [-0.1, -0.05) is 30.3 Å². The first-order valence-corrected chi connectivity index (χ1v) is 5.61. The Morgan fingerprint density at radius 1 is 1.12 bits per heavy atom. The lowest BCUT2D eigenvalue weighted by Crippen LogP contribution is -2.00. The maximum Gasteiger partial charge on any atom is 0.403 e. The van der Waals surface area contributed by atoms with Crippen molar-refractivity contribution >= 4 is 17.0 Å². The highest BCUT2D eigenvalue weighted by Crippen LogP contribution is 2.01. The van der Waals surface area contributed by atoms with Crippen LogP contribution in [0, 0.1) is 0 Å². The van der Waals surface area contributed by atoms with Crippen molar-refractivity contribution in [2.75, 3.05) is 13.2 Å². The first-order chi connectivity index (χ1) is 7.79. The van der Waals surface area contributed by atoms with Gasteiger partial charge >= 0.3 is 5.43 Å². The number of hydrogen-bond donors (Lipinski definition) is 0. The van der Waals surface area contributed by atoms with Crippen molar-refractivity contribution in [3.63, 3.8) is 0 Å². The Balaban J connectivity index is 1.94. The van der Waals surface area contributed by atoms with Gasteiger partial charge in [0.1, 0.15) is 0 Å². The minimum absolute atomic E-state index is 0.358. The predicted molar refractivity (Wildman–Crippen MR) is 62.5 cm³/mol. The van der Waals surface area contributed by atoms with Crippen LogP contribution in [-0.4, -0.2) is 18.6 Å². The van der Waals surface area contributed by atoms with E-state index in [0.29, 0.717) is 19.8 Å². The third-order valence-corrected chi connectivity index (χ3v) is 2.12. The molecular formula is C12H15ClO3. The van der Waals surface area contributed by atoms with Crippen LogP contribution in [-0.2, 0) is 16.1 Å². The molecule has 88 valence electrons. The van der Waals surface area contributed by atoms with E-state index in [1.165, 1.54) is 0 Å². The molecule has 0 aliphatic carbocycles. The van der Waals surface area contributed by atoms with Gasteiger partial charge in [0.25, 0.3) is 0 Å². The summed E-state index contributed by atoms with van der Waals surface area (Å²) in [5.74, 6) is 0. The van der Waals surface area contributed by atoms with E-state index >= 15 is 0 Å². The zero-order chi connectivity index (χ0) is 11.6. The van der Waals surface area contributed by atoms with Gasteiger partial charge < -0.3 is 9.47 Å². The molecule has 0 amide bonds. The van der Waals surface area contributed by atoms with Crippen LogP contribution in [0.3, 0.4) is 0 Å². The van der Waals surface area contributed by atoms with Gasteiger partial charge in [0, 0.05) is 18.2 Å². The molecule has 0 aliphatic heterocycles. The van der Waals surface area contributed by atoms with Crippen molar-refractivity contribution in [3.05, 3.63) is 35.9 Å². The maximum atomic E-state index is 10.2. The number of rotatable bonds is 7. The molecule has 3 nitrogen and oxygen atoms in total. The monoisotopic (exact) mass is 242 g/mol. The van der Waals surface area contributed by atoms with Crippen molar-refractivity contribution in [1.82, 2.24) is 0 Å². The van der Waals surface area contributed by atoms with Crippen molar-refractivity contribution in [2.24, 2.45) is 0 Å². The van der Waals surface area contributed by atoms with Crippen molar-refractivity contribution in [1.29, 1.82) is 0 Å². The van der Waals surface area contributed by atoms with E-state index in [4.69, 9.17) is 16.3 Å². The molecule has 0 bridgehead atoms. The summed E-state index contributed by atoms with van der Waals surface area (Å²) in [6.45, 7) is 1.64. The van der Waals surface area contributed by atoms with E-state index in [1.54, 1.807) is 0 Å². The minimum atomic E-state index is -0.745. The van der Waals surface area contributed by atoms with Gasteiger partial charge in [-0.25, -0.2) is 4.79 Å². The zero-order valence-corrected chi connectivity index (χ0v) is 9.78. The topological polar surface area (TPSA) is 35.5 Å². The second-order valence-electron chi connectivity index (χ2n) is 3.33. The summed E-state index contributed by atoms with van der Waals surface area (Å²) in [6.07, 6.45) is 1.63. The number of carbonyl (C=O) groups is 1. The Bertz CT molecular complexity index is 300. The average molecular weight is 243 g/mol. The molecule has 1 rings (SSSR count). The largest absolute Gasteiger partial charge is 0.454 e. The molecular weight excluding hydrogens is 228 g/mol. The highest BCUT2D eigenvalue weighted by Gasteiger charge is 1.95. The normalized spacial score (nSPS) is 10.1. The smallest absolute Gasteiger partial charge is 0.403 e. The fraction of sp³-hybridized carbons (Fsp3) is 0.417. The predicted octanol–water partition coefficient (Wildman–Crippen LogP) is 3.36. The molecule has 0 unspecified atom stereocenters. The quantitative estimate of drug-likeness (QED) is 0.543. The fourth-order valence-electron chi connectivity index (χ4n) is 1.22. The molecule has 16 heavy (non-hydrogen) atoms. The molecule has 0 aliphatic rings. The van der Waals surface area contributed by atoms with E-state index in [1.807, 2.05) is 30.3 Å². The van der Waals surface area contributed by atoms with Crippen LogP contribution in [0.25, 0.3) is 0 Å². The second-order valence-corrected chi connectivity index (χ2v) is 3.64. The van der Waals surface area contributed by atoms with Crippen molar-refractivity contribution in [2.45, 2.75) is 19.4 Å². The summed E-state index contributed by atoms with van der Waals surface area (Å²) >= 11 is 5.01. The molecule has 0 aromatic heterocycles. The lowest BCUT2D eigenvalue weighted by molar-refractivity contribution is 0.110. The van der Waals surface area contributed by atoms with E-state index in [0.717, 1.165) is 18.4 Å². The fourth-order valence-corrected chi connectivity index (χ4v) is 1.30.